The van der Waals surface area contributed by atoms with E-state index in [-0.39, 0.29) is 40.2 Å². The molecule has 0 bridgehead atoms. The van der Waals surface area contributed by atoms with Crippen LogP contribution in [0.25, 0.3) is 0 Å². The van der Waals surface area contributed by atoms with Gasteiger partial charge in [-0.2, -0.15) is 4.72 Å². The number of likely N-dealkylation sites (tertiary alicyclic amines) is 2. The Bertz CT molecular complexity index is 856. The molecule has 0 unspecified atom stereocenters. The number of primary amides is 1. The van der Waals surface area contributed by atoms with Crippen LogP contribution < -0.4 is 10.5 Å². The Morgan fingerprint density at radius 1 is 1.21 bits per heavy atom. The number of piperidine rings is 1. The molecule has 162 valence electrons. The molecule has 2 amide bonds. The molecule has 0 spiro atoms. The highest BCUT2D eigenvalue weighted by atomic mass is 32.2. The zero-order chi connectivity index (χ0) is 21.3. The van der Waals surface area contributed by atoms with Gasteiger partial charge in [0.2, 0.25) is 21.8 Å². The van der Waals surface area contributed by atoms with E-state index in [0.29, 0.717) is 13.1 Å². The third-order valence-corrected chi connectivity index (χ3v) is 7.59. The summed E-state index contributed by atoms with van der Waals surface area (Å²) in [6.07, 6.45) is 3.21. The van der Waals surface area contributed by atoms with Crippen molar-refractivity contribution in [1.29, 1.82) is 0 Å². The molecule has 0 aliphatic carbocycles. The van der Waals surface area contributed by atoms with Crippen molar-refractivity contribution in [2.24, 2.45) is 5.73 Å². The smallest absolute Gasteiger partial charge is 0.246 e. The summed E-state index contributed by atoms with van der Waals surface area (Å²) in [6, 6.07) is -0.910. The minimum atomic E-state index is -3.92. The molecule has 2 aliphatic rings. The number of carbonyl (C=O) groups excluding carboxylic acids is 2. The molecule has 11 heteroatoms. The first-order valence-electron chi connectivity index (χ1n) is 9.91. The Labute approximate surface area is 170 Å². The molecule has 2 saturated heterocycles. The molecule has 2 aliphatic heterocycles. The maximum atomic E-state index is 12.8. The van der Waals surface area contributed by atoms with E-state index in [1.807, 2.05) is 0 Å². The number of nitrogens with zero attached hydrogens (tertiary/aromatic N) is 3. The number of rotatable bonds is 6. The molecule has 10 nitrogen and oxygen atoms in total. The largest absolute Gasteiger partial charge is 0.368 e. The average Bonchev–Trinajstić information content (AvgIpc) is 3.28. The Hall–Kier alpha value is -1.98. The van der Waals surface area contributed by atoms with Gasteiger partial charge in [-0.3, -0.25) is 14.5 Å². The van der Waals surface area contributed by atoms with Crippen molar-refractivity contribution < 1.29 is 22.5 Å². The normalized spacial score (nSPS) is 22.7. The van der Waals surface area contributed by atoms with Crippen LogP contribution in [0.3, 0.4) is 0 Å². The van der Waals surface area contributed by atoms with Crippen LogP contribution in [0.2, 0.25) is 0 Å². The number of sulfonamides is 1. The van der Waals surface area contributed by atoms with Gasteiger partial charge in [0.15, 0.2) is 5.76 Å². The molecular weight excluding hydrogens is 398 g/mol. The van der Waals surface area contributed by atoms with E-state index in [4.69, 9.17) is 10.3 Å². The fourth-order valence-corrected chi connectivity index (χ4v) is 5.95. The second-order valence-electron chi connectivity index (χ2n) is 7.85. The lowest BCUT2D eigenvalue weighted by Crippen LogP contribution is -2.54. The van der Waals surface area contributed by atoms with Crippen LogP contribution in [0.4, 0.5) is 0 Å². The summed E-state index contributed by atoms with van der Waals surface area (Å²) < 4.78 is 32.6. The molecule has 0 saturated carbocycles. The highest BCUT2D eigenvalue weighted by Crippen LogP contribution is 2.26. The number of aryl methyl sites for hydroxylation is 2. The molecular formula is C18H29N5O5S. The maximum Gasteiger partial charge on any atom is 0.246 e. The third kappa shape index (κ3) is 4.46. The molecule has 0 aromatic carbocycles. The number of nitrogens with one attached hydrogen (secondary N) is 1. The van der Waals surface area contributed by atoms with Gasteiger partial charge in [0.05, 0.1) is 12.1 Å². The second-order valence-corrected chi connectivity index (χ2v) is 9.50. The maximum absolute atomic E-state index is 12.8. The van der Waals surface area contributed by atoms with Crippen molar-refractivity contribution in [3.63, 3.8) is 0 Å². The van der Waals surface area contributed by atoms with E-state index in [2.05, 4.69) is 14.8 Å². The van der Waals surface area contributed by atoms with E-state index >= 15 is 0 Å². The van der Waals surface area contributed by atoms with Crippen molar-refractivity contribution in [2.45, 2.75) is 69.5 Å². The third-order valence-electron chi connectivity index (χ3n) is 5.81. The molecule has 3 N–H and O–H groups in total. The van der Waals surface area contributed by atoms with Crippen molar-refractivity contribution in [3.8, 4) is 0 Å². The van der Waals surface area contributed by atoms with Crippen LogP contribution in [-0.2, 0) is 19.6 Å². The van der Waals surface area contributed by atoms with Gasteiger partial charge in [-0.05, 0) is 53.0 Å². The number of nitrogens with two attached hydrogens (primary N) is 1. The molecule has 1 aromatic rings. The highest BCUT2D eigenvalue weighted by Gasteiger charge is 2.37. The number of aromatic nitrogens is 1. The number of hydrogen-bond acceptors (Lipinski definition) is 7. The fourth-order valence-electron chi connectivity index (χ4n) is 4.42. The minimum Gasteiger partial charge on any atom is -0.368 e. The highest BCUT2D eigenvalue weighted by molar-refractivity contribution is 7.89. The van der Waals surface area contributed by atoms with Gasteiger partial charge in [0.25, 0.3) is 0 Å². The Morgan fingerprint density at radius 2 is 1.86 bits per heavy atom. The summed E-state index contributed by atoms with van der Waals surface area (Å²) in [5.74, 6) is -0.375. The van der Waals surface area contributed by atoms with Crippen LogP contribution in [0.1, 0.15) is 44.1 Å². The first-order chi connectivity index (χ1) is 13.6. The van der Waals surface area contributed by atoms with Gasteiger partial charge in [-0.1, -0.05) is 5.16 Å². The van der Waals surface area contributed by atoms with Crippen LogP contribution in [-0.4, -0.2) is 72.9 Å². The molecule has 2 fully saturated rings. The topological polar surface area (TPSA) is 139 Å². The molecule has 3 heterocycles. The Morgan fingerprint density at radius 3 is 2.41 bits per heavy atom. The quantitative estimate of drug-likeness (QED) is 0.646. The predicted molar refractivity (Wildman–Crippen MR) is 104 cm³/mol. The second kappa shape index (κ2) is 8.41. The van der Waals surface area contributed by atoms with Gasteiger partial charge in [0.1, 0.15) is 10.6 Å². The summed E-state index contributed by atoms with van der Waals surface area (Å²) in [5.41, 5.74) is 5.76. The lowest BCUT2D eigenvalue weighted by molar-refractivity contribution is -0.134. The van der Waals surface area contributed by atoms with Gasteiger partial charge in [0, 0.05) is 19.1 Å². The summed E-state index contributed by atoms with van der Waals surface area (Å²) in [5, 5.41) is 3.66. The number of carbonyl (C=O) groups is 2. The first-order valence-corrected chi connectivity index (χ1v) is 11.4. The van der Waals surface area contributed by atoms with E-state index < -0.39 is 16.1 Å². The van der Waals surface area contributed by atoms with Crippen LogP contribution in [0.5, 0.6) is 0 Å². The molecule has 1 aromatic heterocycles. The standard InChI is InChI=1S/C18H29N5O5S/c1-11-16(13(3)28-20-11)29(26,27)21-12(2)18(25)22-9-6-14(7-10-22)23-8-4-5-15(23)17(19)24/h12,14-15,21H,4-10H2,1-3H3,(H2,19,24)/t12-,15-/m0/s1. The first kappa shape index (κ1) is 21.7. The lowest BCUT2D eigenvalue weighted by atomic mass is 10.0. The summed E-state index contributed by atoms with van der Waals surface area (Å²) in [4.78, 5) is 28.2. The summed E-state index contributed by atoms with van der Waals surface area (Å²) in [6.45, 7) is 6.48. The monoisotopic (exact) mass is 427 g/mol. The van der Waals surface area contributed by atoms with Crippen LogP contribution in [0.15, 0.2) is 9.42 Å². The predicted octanol–water partition coefficient (Wildman–Crippen LogP) is -0.101. The van der Waals surface area contributed by atoms with E-state index in [9.17, 15) is 18.0 Å². The number of amides is 2. The van der Waals surface area contributed by atoms with E-state index in [1.165, 1.54) is 13.8 Å². The Balaban J connectivity index is 1.58. The van der Waals surface area contributed by atoms with Gasteiger partial charge >= 0.3 is 0 Å². The SMILES string of the molecule is Cc1noc(C)c1S(=O)(=O)N[C@@H](C)C(=O)N1CCC(N2CCC[C@H]2C(N)=O)CC1. The zero-order valence-corrected chi connectivity index (χ0v) is 17.9. The van der Waals surface area contributed by atoms with Crippen LogP contribution in [0, 0.1) is 13.8 Å². The van der Waals surface area contributed by atoms with E-state index in [0.717, 1.165) is 32.2 Å². The van der Waals surface area contributed by atoms with Crippen molar-refractivity contribution >= 4 is 21.8 Å². The molecule has 0 radical (unpaired) electrons. The summed E-state index contributed by atoms with van der Waals surface area (Å²) in [7, 11) is -3.92. The molecule has 29 heavy (non-hydrogen) atoms. The molecule has 3 rings (SSSR count). The number of hydrogen-bond donors (Lipinski definition) is 2. The molecule has 2 atom stereocenters. The van der Waals surface area contributed by atoms with E-state index in [1.54, 1.807) is 11.8 Å². The zero-order valence-electron chi connectivity index (χ0n) is 17.1. The van der Waals surface area contributed by atoms with Crippen LogP contribution >= 0.6 is 0 Å². The Kier molecular flexibility index (Phi) is 6.30. The average molecular weight is 428 g/mol. The fraction of sp³-hybridized carbons (Fsp3) is 0.722. The van der Waals surface area contributed by atoms with Crippen molar-refractivity contribution in [3.05, 3.63) is 11.5 Å². The van der Waals surface area contributed by atoms with Gasteiger partial charge in [-0.25, -0.2) is 8.42 Å². The van der Waals surface area contributed by atoms with Crippen molar-refractivity contribution in [2.75, 3.05) is 19.6 Å². The van der Waals surface area contributed by atoms with Gasteiger partial charge in [-0.15, -0.1) is 0 Å². The summed E-state index contributed by atoms with van der Waals surface area (Å²) >= 11 is 0. The van der Waals surface area contributed by atoms with Crippen molar-refractivity contribution in [1.82, 2.24) is 19.7 Å². The lowest BCUT2D eigenvalue weighted by Gasteiger charge is -2.39. The minimum absolute atomic E-state index is 0.0256. The van der Waals surface area contributed by atoms with Gasteiger partial charge < -0.3 is 15.2 Å².